The number of primary amides is 1. The van der Waals surface area contributed by atoms with Crippen LogP contribution in [-0.4, -0.2) is 55.0 Å². The summed E-state index contributed by atoms with van der Waals surface area (Å²) in [5, 5.41) is 0. The van der Waals surface area contributed by atoms with Gasteiger partial charge in [-0.3, -0.25) is 9.69 Å². The summed E-state index contributed by atoms with van der Waals surface area (Å²) in [5.74, 6) is 0.0363. The molecule has 2 fully saturated rings. The molecule has 1 aliphatic heterocycles. The second kappa shape index (κ2) is 4.49. The van der Waals surface area contributed by atoms with E-state index in [2.05, 4.69) is 16.8 Å². The van der Waals surface area contributed by atoms with Crippen LogP contribution < -0.4 is 5.73 Å². The zero-order chi connectivity index (χ0) is 10.8. The van der Waals surface area contributed by atoms with E-state index in [1.54, 1.807) is 0 Å². The molecule has 0 aromatic rings. The SMILES string of the molecule is CN1CCCN(C2CC(C(N)=O)C2)CC1. The van der Waals surface area contributed by atoms with Gasteiger partial charge < -0.3 is 10.6 Å². The maximum Gasteiger partial charge on any atom is 0.220 e. The van der Waals surface area contributed by atoms with Crippen LogP contribution in [0.2, 0.25) is 0 Å². The Morgan fingerprint density at radius 1 is 1.20 bits per heavy atom. The van der Waals surface area contributed by atoms with E-state index >= 15 is 0 Å². The normalized spacial score (nSPS) is 34.5. The average Bonchev–Trinajstić information content (AvgIpc) is 2.28. The minimum Gasteiger partial charge on any atom is -0.369 e. The molecule has 1 saturated carbocycles. The Balaban J connectivity index is 1.78. The van der Waals surface area contributed by atoms with Gasteiger partial charge in [-0.15, -0.1) is 0 Å². The Morgan fingerprint density at radius 3 is 2.60 bits per heavy atom. The highest BCUT2D eigenvalue weighted by molar-refractivity contribution is 5.77. The molecule has 0 atom stereocenters. The Hall–Kier alpha value is -0.610. The number of nitrogens with two attached hydrogens (primary N) is 1. The van der Waals surface area contributed by atoms with Gasteiger partial charge in [-0.25, -0.2) is 0 Å². The predicted molar refractivity (Wildman–Crippen MR) is 59.4 cm³/mol. The standard InChI is InChI=1S/C11H21N3O/c1-13-3-2-4-14(6-5-13)10-7-9(8-10)11(12)15/h9-10H,2-8H2,1H3,(H2,12,15). The molecule has 0 spiro atoms. The van der Waals surface area contributed by atoms with Crippen LogP contribution in [0.3, 0.4) is 0 Å². The van der Waals surface area contributed by atoms with Gasteiger partial charge in [-0.05, 0) is 39.4 Å². The number of carbonyl (C=O) groups excluding carboxylic acids is 1. The highest BCUT2D eigenvalue weighted by atomic mass is 16.1. The third-order valence-corrected chi connectivity index (χ3v) is 3.79. The number of likely N-dealkylation sites (N-methyl/N-ethyl adjacent to an activating group) is 1. The second-order valence-corrected chi connectivity index (χ2v) is 4.92. The van der Waals surface area contributed by atoms with Crippen LogP contribution in [0, 0.1) is 5.92 Å². The van der Waals surface area contributed by atoms with Gasteiger partial charge in [-0.2, -0.15) is 0 Å². The molecule has 0 aromatic carbocycles. The molecule has 1 heterocycles. The summed E-state index contributed by atoms with van der Waals surface area (Å²) < 4.78 is 0. The summed E-state index contributed by atoms with van der Waals surface area (Å²) >= 11 is 0. The fourth-order valence-corrected chi connectivity index (χ4v) is 2.55. The Kier molecular flexibility index (Phi) is 3.26. The molecule has 1 aliphatic carbocycles. The van der Waals surface area contributed by atoms with Gasteiger partial charge in [0.05, 0.1) is 0 Å². The smallest absolute Gasteiger partial charge is 0.220 e. The first-order valence-corrected chi connectivity index (χ1v) is 5.88. The highest BCUT2D eigenvalue weighted by Gasteiger charge is 2.36. The molecule has 1 amide bonds. The second-order valence-electron chi connectivity index (χ2n) is 4.92. The van der Waals surface area contributed by atoms with Crippen LogP contribution in [0.25, 0.3) is 0 Å². The maximum atomic E-state index is 10.9. The number of rotatable bonds is 2. The van der Waals surface area contributed by atoms with Crippen molar-refractivity contribution in [1.82, 2.24) is 9.80 Å². The van der Waals surface area contributed by atoms with E-state index in [1.165, 1.54) is 19.5 Å². The van der Waals surface area contributed by atoms with Crippen molar-refractivity contribution in [2.45, 2.75) is 25.3 Å². The molecule has 2 N–H and O–H groups in total. The Labute approximate surface area is 91.4 Å². The van der Waals surface area contributed by atoms with Crippen LogP contribution in [0.1, 0.15) is 19.3 Å². The van der Waals surface area contributed by atoms with E-state index in [1.807, 2.05) is 0 Å². The highest BCUT2D eigenvalue weighted by Crippen LogP contribution is 2.31. The van der Waals surface area contributed by atoms with Gasteiger partial charge in [0.25, 0.3) is 0 Å². The topological polar surface area (TPSA) is 49.6 Å². The molecule has 0 bridgehead atoms. The van der Waals surface area contributed by atoms with E-state index in [0.717, 1.165) is 25.9 Å². The molecule has 2 aliphatic rings. The van der Waals surface area contributed by atoms with Crippen LogP contribution >= 0.6 is 0 Å². The minimum absolute atomic E-state index is 0.113. The summed E-state index contributed by atoms with van der Waals surface area (Å²) in [6.07, 6.45) is 3.21. The summed E-state index contributed by atoms with van der Waals surface area (Å²) in [6.45, 7) is 4.67. The average molecular weight is 211 g/mol. The monoisotopic (exact) mass is 211 g/mol. The van der Waals surface area contributed by atoms with Crippen molar-refractivity contribution < 1.29 is 4.79 Å². The summed E-state index contributed by atoms with van der Waals surface area (Å²) in [7, 11) is 2.18. The Bertz CT molecular complexity index is 238. The van der Waals surface area contributed by atoms with Crippen molar-refractivity contribution in [2.24, 2.45) is 11.7 Å². The summed E-state index contributed by atoms with van der Waals surface area (Å²) in [4.78, 5) is 15.8. The molecule has 4 nitrogen and oxygen atoms in total. The van der Waals surface area contributed by atoms with Crippen molar-refractivity contribution in [3.05, 3.63) is 0 Å². The summed E-state index contributed by atoms with van der Waals surface area (Å²) in [6, 6.07) is 0.619. The largest absolute Gasteiger partial charge is 0.369 e. The summed E-state index contributed by atoms with van der Waals surface area (Å²) in [5.41, 5.74) is 5.28. The lowest BCUT2D eigenvalue weighted by molar-refractivity contribution is -0.126. The van der Waals surface area contributed by atoms with Crippen molar-refractivity contribution >= 4 is 5.91 Å². The molecule has 0 unspecified atom stereocenters. The third kappa shape index (κ3) is 2.49. The van der Waals surface area contributed by atoms with E-state index in [4.69, 9.17) is 5.73 Å². The van der Waals surface area contributed by atoms with Crippen molar-refractivity contribution in [3.63, 3.8) is 0 Å². The first-order valence-electron chi connectivity index (χ1n) is 5.88. The van der Waals surface area contributed by atoms with E-state index in [9.17, 15) is 4.79 Å². The lowest BCUT2D eigenvalue weighted by Gasteiger charge is -2.41. The number of hydrogen-bond acceptors (Lipinski definition) is 3. The first kappa shape index (κ1) is 10.9. The quantitative estimate of drug-likeness (QED) is 0.693. The lowest BCUT2D eigenvalue weighted by atomic mass is 9.79. The van der Waals surface area contributed by atoms with Crippen LogP contribution in [0.15, 0.2) is 0 Å². The van der Waals surface area contributed by atoms with Crippen molar-refractivity contribution in [1.29, 1.82) is 0 Å². The molecule has 1 saturated heterocycles. The molecule has 4 heteroatoms. The van der Waals surface area contributed by atoms with Crippen LogP contribution in [0.4, 0.5) is 0 Å². The molecular formula is C11H21N3O. The van der Waals surface area contributed by atoms with Crippen LogP contribution in [0.5, 0.6) is 0 Å². The van der Waals surface area contributed by atoms with Gasteiger partial charge >= 0.3 is 0 Å². The molecule has 0 aromatic heterocycles. The fourth-order valence-electron chi connectivity index (χ4n) is 2.55. The molecule has 15 heavy (non-hydrogen) atoms. The van der Waals surface area contributed by atoms with E-state index in [0.29, 0.717) is 6.04 Å². The minimum atomic E-state index is -0.113. The molecule has 86 valence electrons. The van der Waals surface area contributed by atoms with Gasteiger partial charge in [-0.1, -0.05) is 0 Å². The zero-order valence-corrected chi connectivity index (χ0v) is 9.48. The maximum absolute atomic E-state index is 10.9. The van der Waals surface area contributed by atoms with Gasteiger partial charge in [0.2, 0.25) is 5.91 Å². The first-order chi connectivity index (χ1) is 7.16. The van der Waals surface area contributed by atoms with Gasteiger partial charge in [0.1, 0.15) is 0 Å². The van der Waals surface area contributed by atoms with E-state index in [-0.39, 0.29) is 11.8 Å². The number of hydrogen-bond donors (Lipinski definition) is 1. The van der Waals surface area contributed by atoms with Crippen LogP contribution in [-0.2, 0) is 4.79 Å². The zero-order valence-electron chi connectivity index (χ0n) is 9.48. The third-order valence-electron chi connectivity index (χ3n) is 3.79. The molecule has 0 radical (unpaired) electrons. The lowest BCUT2D eigenvalue weighted by Crippen LogP contribution is -2.49. The van der Waals surface area contributed by atoms with Gasteiger partial charge in [0, 0.05) is 25.0 Å². The van der Waals surface area contributed by atoms with Gasteiger partial charge in [0.15, 0.2) is 0 Å². The number of amides is 1. The number of nitrogens with zero attached hydrogens (tertiary/aromatic N) is 2. The fraction of sp³-hybridized carbons (Fsp3) is 0.909. The van der Waals surface area contributed by atoms with E-state index < -0.39 is 0 Å². The molecule has 2 rings (SSSR count). The predicted octanol–water partition coefficient (Wildman–Crippen LogP) is -0.112. The molecular weight excluding hydrogens is 190 g/mol. The van der Waals surface area contributed by atoms with Crippen molar-refractivity contribution in [2.75, 3.05) is 33.2 Å². The Morgan fingerprint density at radius 2 is 1.93 bits per heavy atom. The van der Waals surface area contributed by atoms with Crippen molar-refractivity contribution in [3.8, 4) is 0 Å². The number of carbonyl (C=O) groups is 1.